The van der Waals surface area contributed by atoms with Crippen LogP contribution >= 0.6 is 11.6 Å². The maximum atomic E-state index is 14.1. The second kappa shape index (κ2) is 13.7. The van der Waals surface area contributed by atoms with Gasteiger partial charge in [0.05, 0.1) is 11.8 Å². The summed E-state index contributed by atoms with van der Waals surface area (Å²) in [6.07, 6.45) is 5.75. The highest BCUT2D eigenvalue weighted by atomic mass is 35.5. The van der Waals surface area contributed by atoms with Crippen LogP contribution in [0.3, 0.4) is 0 Å². The molecule has 1 aliphatic carbocycles. The Labute approximate surface area is 249 Å². The molecule has 2 heterocycles. The molecular weight excluding hydrogens is 548 g/mol. The Bertz CT molecular complexity index is 1050. The van der Waals surface area contributed by atoms with Gasteiger partial charge in [0.1, 0.15) is 5.60 Å². The van der Waals surface area contributed by atoms with Gasteiger partial charge < -0.3 is 15.0 Å². The SMILES string of the molecule is C[C@H]1CN(Cc2c(Cl)cccc2C(F)F)C[C@@]1(CC(=O)OC(C)(C)C)C(=O)NC1CCN(CC2CCCCC2)CC1. The first-order valence-corrected chi connectivity index (χ1v) is 15.8. The summed E-state index contributed by atoms with van der Waals surface area (Å²) in [6.45, 7) is 11.4. The molecule has 6 nitrogen and oxygen atoms in total. The van der Waals surface area contributed by atoms with E-state index in [4.69, 9.17) is 16.3 Å². The van der Waals surface area contributed by atoms with Crippen molar-refractivity contribution in [2.45, 2.75) is 104 Å². The van der Waals surface area contributed by atoms with Gasteiger partial charge in [-0.3, -0.25) is 14.5 Å². The molecule has 0 radical (unpaired) electrons. The molecule has 2 saturated heterocycles. The summed E-state index contributed by atoms with van der Waals surface area (Å²) in [5.74, 6) is 0.0481. The third-order valence-corrected chi connectivity index (χ3v) is 9.60. The first-order chi connectivity index (χ1) is 19.4. The number of hydrogen-bond donors (Lipinski definition) is 1. The quantitative estimate of drug-likeness (QED) is 0.326. The molecule has 1 saturated carbocycles. The van der Waals surface area contributed by atoms with Crippen molar-refractivity contribution < 1.29 is 23.1 Å². The van der Waals surface area contributed by atoms with Crippen LogP contribution in [0.2, 0.25) is 5.02 Å². The Morgan fingerprint density at radius 2 is 1.78 bits per heavy atom. The lowest BCUT2D eigenvalue weighted by molar-refractivity contribution is -0.161. The zero-order valence-corrected chi connectivity index (χ0v) is 25.9. The van der Waals surface area contributed by atoms with Gasteiger partial charge in [-0.15, -0.1) is 0 Å². The number of nitrogens with zero attached hydrogens (tertiary/aromatic N) is 2. The molecule has 41 heavy (non-hydrogen) atoms. The highest BCUT2D eigenvalue weighted by molar-refractivity contribution is 6.31. The molecule has 4 rings (SSSR count). The van der Waals surface area contributed by atoms with Crippen molar-refractivity contribution in [3.8, 4) is 0 Å². The number of piperidine rings is 1. The Morgan fingerprint density at radius 3 is 2.41 bits per heavy atom. The van der Waals surface area contributed by atoms with Crippen LogP contribution in [0.25, 0.3) is 0 Å². The van der Waals surface area contributed by atoms with Gasteiger partial charge in [0.2, 0.25) is 5.91 Å². The Hall–Kier alpha value is -1.77. The summed E-state index contributed by atoms with van der Waals surface area (Å²) in [4.78, 5) is 31.7. The normalized spacial score (nSPS) is 25.5. The summed E-state index contributed by atoms with van der Waals surface area (Å²) in [5, 5.41) is 3.59. The lowest BCUT2D eigenvalue weighted by Gasteiger charge is -2.38. The summed E-state index contributed by atoms with van der Waals surface area (Å²) in [6, 6.07) is 4.59. The van der Waals surface area contributed by atoms with Gasteiger partial charge in [-0.25, -0.2) is 8.78 Å². The Kier molecular flexibility index (Phi) is 10.7. The number of hydrogen-bond acceptors (Lipinski definition) is 5. The molecule has 0 unspecified atom stereocenters. The van der Waals surface area contributed by atoms with E-state index in [2.05, 4.69) is 10.2 Å². The number of carbonyl (C=O) groups is 2. The second-order valence-electron chi connectivity index (χ2n) is 13.7. The first kappa shape index (κ1) is 32.2. The number of carbonyl (C=O) groups excluding carboxylic acids is 2. The molecule has 0 spiro atoms. The number of ether oxygens (including phenoxy) is 1. The van der Waals surface area contributed by atoms with Crippen LogP contribution in [0.4, 0.5) is 8.78 Å². The van der Waals surface area contributed by atoms with E-state index in [1.165, 1.54) is 44.2 Å². The van der Waals surface area contributed by atoms with Crippen LogP contribution in [0, 0.1) is 17.3 Å². The number of esters is 1. The van der Waals surface area contributed by atoms with E-state index in [1.807, 2.05) is 32.6 Å². The van der Waals surface area contributed by atoms with Crippen molar-refractivity contribution in [3.05, 3.63) is 34.3 Å². The van der Waals surface area contributed by atoms with Crippen molar-refractivity contribution in [2.24, 2.45) is 17.3 Å². The first-order valence-electron chi connectivity index (χ1n) is 15.4. The third kappa shape index (κ3) is 8.41. The smallest absolute Gasteiger partial charge is 0.307 e. The van der Waals surface area contributed by atoms with Gasteiger partial charge in [-0.05, 0) is 69.9 Å². The maximum absolute atomic E-state index is 14.1. The van der Waals surface area contributed by atoms with Crippen molar-refractivity contribution in [1.82, 2.24) is 15.1 Å². The fourth-order valence-electron chi connectivity index (χ4n) is 7.04. The summed E-state index contributed by atoms with van der Waals surface area (Å²) in [5.41, 5.74) is -1.42. The summed E-state index contributed by atoms with van der Waals surface area (Å²) >= 11 is 6.36. The van der Waals surface area contributed by atoms with Crippen molar-refractivity contribution in [1.29, 1.82) is 0 Å². The fourth-order valence-corrected chi connectivity index (χ4v) is 7.28. The van der Waals surface area contributed by atoms with E-state index in [1.54, 1.807) is 6.07 Å². The lowest BCUT2D eigenvalue weighted by Crippen LogP contribution is -2.53. The van der Waals surface area contributed by atoms with Crippen LogP contribution < -0.4 is 5.32 Å². The molecule has 1 N–H and O–H groups in total. The number of benzene rings is 1. The number of amides is 1. The molecule has 1 aromatic rings. The average Bonchev–Trinajstić information content (AvgIpc) is 3.21. The minimum absolute atomic E-state index is 0.0517. The standard InChI is InChI=1S/C32H48ClF2N3O3/c1-22-18-38(20-26-25(29(34)35)11-8-12-27(26)33)21-32(22,17-28(39)41-31(2,3)4)30(40)36-24-13-15-37(16-14-24)19-23-9-6-5-7-10-23/h8,11-12,22-24,29H,5-7,9-10,13-21H2,1-4H3,(H,36,40)/t22-,32+/m0/s1. The molecular formula is C32H48ClF2N3O3. The zero-order valence-electron chi connectivity index (χ0n) is 25.2. The lowest BCUT2D eigenvalue weighted by atomic mass is 9.75. The summed E-state index contributed by atoms with van der Waals surface area (Å²) in [7, 11) is 0. The van der Waals surface area contributed by atoms with Crippen LogP contribution in [0.15, 0.2) is 18.2 Å². The highest BCUT2D eigenvalue weighted by Crippen LogP contribution is 2.42. The van der Waals surface area contributed by atoms with Crippen LogP contribution in [-0.2, 0) is 20.9 Å². The van der Waals surface area contributed by atoms with Gasteiger partial charge >= 0.3 is 5.97 Å². The Balaban J connectivity index is 1.45. The molecule has 2 atom stereocenters. The topological polar surface area (TPSA) is 61.9 Å². The average molecular weight is 596 g/mol. The van der Waals surface area contributed by atoms with E-state index in [9.17, 15) is 18.4 Å². The van der Waals surface area contributed by atoms with Crippen LogP contribution in [0.1, 0.15) is 96.6 Å². The minimum Gasteiger partial charge on any atom is -0.460 e. The highest BCUT2D eigenvalue weighted by Gasteiger charge is 2.52. The molecule has 2 aliphatic heterocycles. The molecule has 0 aromatic heterocycles. The van der Waals surface area contributed by atoms with Crippen molar-refractivity contribution >= 4 is 23.5 Å². The van der Waals surface area contributed by atoms with E-state index < -0.39 is 23.4 Å². The van der Waals surface area contributed by atoms with Crippen LogP contribution in [0.5, 0.6) is 0 Å². The molecule has 3 aliphatic rings. The van der Waals surface area contributed by atoms with Crippen LogP contribution in [-0.4, -0.2) is 66.0 Å². The van der Waals surface area contributed by atoms with E-state index in [0.29, 0.717) is 12.1 Å². The van der Waals surface area contributed by atoms with E-state index >= 15 is 0 Å². The van der Waals surface area contributed by atoms with Gasteiger partial charge in [0.25, 0.3) is 6.43 Å². The third-order valence-electron chi connectivity index (χ3n) is 9.25. The predicted molar refractivity (Wildman–Crippen MR) is 158 cm³/mol. The number of likely N-dealkylation sites (tertiary alicyclic amines) is 2. The number of rotatable bonds is 9. The molecule has 0 bridgehead atoms. The van der Waals surface area contributed by atoms with Gasteiger partial charge in [0, 0.05) is 55.9 Å². The predicted octanol–water partition coefficient (Wildman–Crippen LogP) is 6.61. The molecule has 1 aromatic carbocycles. The van der Waals surface area contributed by atoms with Gasteiger partial charge in [0.15, 0.2) is 0 Å². The van der Waals surface area contributed by atoms with Gasteiger partial charge in [-0.1, -0.05) is 49.9 Å². The molecule has 9 heteroatoms. The zero-order chi connectivity index (χ0) is 29.8. The van der Waals surface area contributed by atoms with Crippen molar-refractivity contribution in [2.75, 3.05) is 32.7 Å². The number of halogens is 3. The summed E-state index contributed by atoms with van der Waals surface area (Å²) < 4.78 is 33.2. The number of alkyl halides is 2. The van der Waals surface area contributed by atoms with E-state index in [-0.39, 0.29) is 48.0 Å². The molecule has 230 valence electrons. The van der Waals surface area contributed by atoms with Crippen molar-refractivity contribution in [3.63, 3.8) is 0 Å². The second-order valence-corrected chi connectivity index (χ2v) is 14.1. The molecule has 1 amide bonds. The van der Waals surface area contributed by atoms with E-state index in [0.717, 1.165) is 38.4 Å². The number of nitrogens with one attached hydrogen (secondary N) is 1. The largest absolute Gasteiger partial charge is 0.460 e. The molecule has 3 fully saturated rings. The fraction of sp³-hybridized carbons (Fsp3) is 0.750. The monoisotopic (exact) mass is 595 g/mol. The Morgan fingerprint density at radius 1 is 1.10 bits per heavy atom. The maximum Gasteiger partial charge on any atom is 0.307 e. The minimum atomic E-state index is -2.65. The van der Waals surface area contributed by atoms with Gasteiger partial charge in [-0.2, -0.15) is 0 Å².